The van der Waals surface area contributed by atoms with Crippen molar-refractivity contribution in [1.82, 2.24) is 9.78 Å². The van der Waals surface area contributed by atoms with Crippen molar-refractivity contribution in [1.29, 1.82) is 0 Å². The van der Waals surface area contributed by atoms with E-state index in [2.05, 4.69) is 5.10 Å². The van der Waals surface area contributed by atoms with Crippen LogP contribution >= 0.6 is 0 Å². The second-order valence-corrected chi connectivity index (χ2v) is 5.92. The maximum Gasteiger partial charge on any atom is 0.228 e. The summed E-state index contributed by atoms with van der Waals surface area (Å²) in [5, 5.41) is 14.6. The molecule has 1 heterocycles. The number of aryl methyl sites for hydroxylation is 1. The number of aliphatic hydroxyl groups is 1. The fourth-order valence-corrected chi connectivity index (χ4v) is 3.28. The summed E-state index contributed by atoms with van der Waals surface area (Å²) in [6, 6.07) is 0. The topological polar surface area (TPSA) is 141 Å². The van der Waals surface area contributed by atoms with Crippen molar-refractivity contribution in [2.24, 2.45) is 23.3 Å². The van der Waals surface area contributed by atoms with Crippen molar-refractivity contribution < 1.29 is 19.5 Å². The van der Waals surface area contributed by atoms with Crippen molar-refractivity contribution in [3.8, 4) is 0 Å². The number of nitrogens with zero attached hydrogens (tertiary/aromatic N) is 2. The molecule has 0 saturated heterocycles. The van der Waals surface area contributed by atoms with Gasteiger partial charge < -0.3 is 16.6 Å². The van der Waals surface area contributed by atoms with E-state index < -0.39 is 41.0 Å². The van der Waals surface area contributed by atoms with Gasteiger partial charge in [-0.1, -0.05) is 0 Å². The molecule has 1 aromatic heterocycles. The first kappa shape index (κ1) is 16.2. The summed E-state index contributed by atoms with van der Waals surface area (Å²) in [7, 11) is 0. The standard InChI is InChI=1S/C14H20N4O4/c1-3-18-6-7(5-17-18)9-10(12(15)20)8(19)4-14(2,22)11(9)13(16)21/h5-6,9-11,22H,3-4H2,1-2H3,(H2,15,20)(H2,16,21)/t9-,10-,11+,14-/m1/s1. The Morgan fingerprint density at radius 3 is 2.55 bits per heavy atom. The lowest BCUT2D eigenvalue weighted by molar-refractivity contribution is -0.152. The molecule has 1 saturated carbocycles. The van der Waals surface area contributed by atoms with Gasteiger partial charge in [-0.05, 0) is 19.4 Å². The summed E-state index contributed by atoms with van der Waals surface area (Å²) in [6.07, 6.45) is 2.76. The van der Waals surface area contributed by atoms with Crippen LogP contribution in [-0.2, 0) is 20.9 Å². The Morgan fingerprint density at radius 1 is 1.45 bits per heavy atom. The zero-order chi connectivity index (χ0) is 16.7. The lowest BCUT2D eigenvalue weighted by Crippen LogP contribution is -2.57. The molecule has 0 aliphatic heterocycles. The third-order valence-corrected chi connectivity index (χ3v) is 4.24. The van der Waals surface area contributed by atoms with Crippen LogP contribution in [0, 0.1) is 11.8 Å². The van der Waals surface area contributed by atoms with Gasteiger partial charge in [0.2, 0.25) is 11.8 Å². The minimum absolute atomic E-state index is 0.341. The average Bonchev–Trinajstić information content (AvgIpc) is 2.83. The van der Waals surface area contributed by atoms with Gasteiger partial charge in [0.25, 0.3) is 0 Å². The number of carbonyl (C=O) groups excluding carboxylic acids is 3. The van der Waals surface area contributed by atoms with E-state index >= 15 is 0 Å². The van der Waals surface area contributed by atoms with Crippen molar-refractivity contribution >= 4 is 17.6 Å². The minimum Gasteiger partial charge on any atom is -0.389 e. The minimum atomic E-state index is -1.63. The second-order valence-electron chi connectivity index (χ2n) is 5.92. The third-order valence-electron chi connectivity index (χ3n) is 4.24. The number of hydrogen-bond donors (Lipinski definition) is 3. The van der Waals surface area contributed by atoms with Crippen LogP contribution in [0.4, 0.5) is 0 Å². The number of amides is 2. The highest BCUT2D eigenvalue weighted by Gasteiger charge is 2.55. The third kappa shape index (κ3) is 2.61. The average molecular weight is 308 g/mol. The van der Waals surface area contributed by atoms with Crippen molar-refractivity contribution in [2.45, 2.75) is 38.3 Å². The number of Topliss-reactive ketones (excluding diaryl/α,β-unsaturated/α-hetero) is 1. The molecule has 1 fully saturated rings. The number of nitrogens with two attached hydrogens (primary N) is 2. The molecule has 0 aromatic carbocycles. The first-order valence-electron chi connectivity index (χ1n) is 7.05. The summed E-state index contributed by atoms with van der Waals surface area (Å²) in [5.41, 5.74) is 9.64. The molecule has 8 heteroatoms. The van der Waals surface area contributed by atoms with E-state index in [1.54, 1.807) is 10.9 Å². The zero-order valence-corrected chi connectivity index (χ0v) is 12.5. The summed E-state index contributed by atoms with van der Waals surface area (Å²) in [5.74, 6) is -5.32. The van der Waals surface area contributed by atoms with Gasteiger partial charge in [-0.15, -0.1) is 0 Å². The molecule has 0 spiro atoms. The molecule has 0 bridgehead atoms. The van der Waals surface area contributed by atoms with Crippen LogP contribution in [0.15, 0.2) is 12.4 Å². The number of primary amides is 2. The first-order chi connectivity index (χ1) is 10.2. The fourth-order valence-electron chi connectivity index (χ4n) is 3.28. The highest BCUT2D eigenvalue weighted by Crippen LogP contribution is 2.45. The highest BCUT2D eigenvalue weighted by molar-refractivity contribution is 6.04. The van der Waals surface area contributed by atoms with Crippen LogP contribution < -0.4 is 11.5 Å². The van der Waals surface area contributed by atoms with E-state index in [1.165, 1.54) is 13.1 Å². The van der Waals surface area contributed by atoms with Gasteiger partial charge in [0, 0.05) is 25.1 Å². The summed E-state index contributed by atoms with van der Waals surface area (Å²) < 4.78 is 1.60. The molecule has 1 aromatic rings. The monoisotopic (exact) mass is 308 g/mol. The Morgan fingerprint density at radius 2 is 2.09 bits per heavy atom. The van der Waals surface area contributed by atoms with Gasteiger partial charge in [-0.25, -0.2) is 0 Å². The maximum absolute atomic E-state index is 12.2. The first-order valence-corrected chi connectivity index (χ1v) is 7.05. The van der Waals surface area contributed by atoms with Crippen LogP contribution in [0.2, 0.25) is 0 Å². The summed E-state index contributed by atoms with van der Waals surface area (Å²) in [6.45, 7) is 3.82. The number of carbonyl (C=O) groups is 3. The van der Waals surface area contributed by atoms with Crippen molar-refractivity contribution in [3.05, 3.63) is 18.0 Å². The molecule has 4 atom stereocenters. The normalized spacial score (nSPS) is 32.0. The van der Waals surface area contributed by atoms with Crippen molar-refractivity contribution in [2.75, 3.05) is 0 Å². The van der Waals surface area contributed by atoms with E-state index in [-0.39, 0.29) is 6.42 Å². The van der Waals surface area contributed by atoms with Crippen LogP contribution in [0.1, 0.15) is 31.7 Å². The summed E-state index contributed by atoms with van der Waals surface area (Å²) in [4.78, 5) is 35.9. The Kier molecular flexibility index (Phi) is 4.06. The van der Waals surface area contributed by atoms with E-state index in [9.17, 15) is 19.5 Å². The van der Waals surface area contributed by atoms with Gasteiger partial charge in [0.15, 0.2) is 0 Å². The molecular weight excluding hydrogens is 288 g/mol. The Hall–Kier alpha value is -2.22. The Bertz CT molecular complexity index is 622. The molecule has 2 amide bonds. The van der Waals surface area contributed by atoms with E-state index in [4.69, 9.17) is 11.5 Å². The molecule has 120 valence electrons. The number of hydrogen-bond acceptors (Lipinski definition) is 5. The van der Waals surface area contributed by atoms with Gasteiger partial charge in [0.1, 0.15) is 11.7 Å². The Labute approximate surface area is 127 Å². The zero-order valence-electron chi connectivity index (χ0n) is 12.5. The van der Waals surface area contributed by atoms with Gasteiger partial charge in [0.05, 0.1) is 17.7 Å². The van der Waals surface area contributed by atoms with Crippen molar-refractivity contribution in [3.63, 3.8) is 0 Å². The quantitative estimate of drug-likeness (QED) is 0.606. The predicted molar refractivity (Wildman–Crippen MR) is 76.3 cm³/mol. The van der Waals surface area contributed by atoms with Gasteiger partial charge >= 0.3 is 0 Å². The SMILES string of the molecule is CCn1cc([C@@H]2[C@H](C(N)=O)C(=O)C[C@@](C)(O)[C@@H]2C(N)=O)cn1. The number of aromatic nitrogens is 2. The molecule has 0 radical (unpaired) electrons. The van der Waals surface area contributed by atoms with Gasteiger partial charge in [-0.3, -0.25) is 19.1 Å². The highest BCUT2D eigenvalue weighted by atomic mass is 16.3. The lowest BCUT2D eigenvalue weighted by atomic mass is 9.62. The summed E-state index contributed by atoms with van der Waals surface area (Å²) >= 11 is 0. The largest absolute Gasteiger partial charge is 0.389 e. The van der Waals surface area contributed by atoms with Crippen LogP contribution in [-0.4, -0.2) is 38.1 Å². The van der Waals surface area contributed by atoms with Gasteiger partial charge in [-0.2, -0.15) is 5.10 Å². The van der Waals surface area contributed by atoms with Crippen LogP contribution in [0.5, 0.6) is 0 Å². The lowest BCUT2D eigenvalue weighted by Gasteiger charge is -2.42. The molecule has 8 nitrogen and oxygen atoms in total. The van der Waals surface area contributed by atoms with Crippen LogP contribution in [0.25, 0.3) is 0 Å². The number of ketones is 1. The van der Waals surface area contributed by atoms with E-state index in [0.717, 1.165) is 0 Å². The predicted octanol–water partition coefficient (Wildman–Crippen LogP) is -1.09. The molecular formula is C14H20N4O4. The molecule has 0 unspecified atom stereocenters. The molecule has 2 rings (SSSR count). The molecule has 22 heavy (non-hydrogen) atoms. The smallest absolute Gasteiger partial charge is 0.228 e. The van der Waals surface area contributed by atoms with E-state index in [1.807, 2.05) is 6.92 Å². The van der Waals surface area contributed by atoms with Crippen LogP contribution in [0.3, 0.4) is 0 Å². The molecule has 5 N–H and O–H groups in total. The fraction of sp³-hybridized carbons (Fsp3) is 0.571. The second kappa shape index (κ2) is 5.53. The Balaban J connectivity index is 2.58. The number of rotatable bonds is 4. The van der Waals surface area contributed by atoms with E-state index in [0.29, 0.717) is 12.1 Å². The maximum atomic E-state index is 12.2. The molecule has 1 aliphatic carbocycles. The molecule has 1 aliphatic rings.